The van der Waals surface area contributed by atoms with E-state index in [0.717, 1.165) is 48.0 Å². The molecule has 168 valence electrons. The van der Waals surface area contributed by atoms with Crippen LogP contribution in [-0.4, -0.2) is 33.7 Å². The molecule has 3 fully saturated rings. The molecule has 6 heteroatoms. The zero-order valence-electron chi connectivity index (χ0n) is 17.7. The highest BCUT2D eigenvalue weighted by atomic mass is 35.5. The van der Waals surface area contributed by atoms with Crippen LogP contribution >= 0.6 is 23.2 Å². The van der Waals surface area contributed by atoms with Crippen molar-refractivity contribution >= 4 is 34.1 Å². The molecule has 0 radical (unpaired) electrons. The van der Waals surface area contributed by atoms with Crippen LogP contribution in [0.15, 0.2) is 79.5 Å². The number of rotatable bonds is 5. The first kappa shape index (κ1) is 23.5. The molecule has 2 bridgehead atoms. The number of benzene rings is 2. The molecule has 0 amide bonds. The molecular formula is C26H27Cl3N2O. The predicted molar refractivity (Wildman–Crippen MR) is 127 cm³/mol. The van der Waals surface area contributed by atoms with E-state index in [0.29, 0.717) is 16.3 Å². The minimum atomic E-state index is -1.16. The van der Waals surface area contributed by atoms with E-state index in [2.05, 4.69) is 17.6 Å². The van der Waals surface area contributed by atoms with E-state index >= 15 is 0 Å². The Kier molecular flexibility index (Phi) is 6.59. The summed E-state index contributed by atoms with van der Waals surface area (Å²) >= 11 is 14.5. The van der Waals surface area contributed by atoms with E-state index in [-0.39, 0.29) is 18.4 Å². The monoisotopic (exact) mass is 488 g/mol. The molecule has 1 N–H and O–H groups in total. The summed E-state index contributed by atoms with van der Waals surface area (Å²) in [5, 5.41) is 12.8. The van der Waals surface area contributed by atoms with Crippen LogP contribution in [-0.2, 0) is 4.46 Å². The summed E-state index contributed by atoms with van der Waals surface area (Å²) in [5.74, 6) is 0.831. The number of quaternary nitrogens is 1. The molecule has 1 aromatic heterocycles. The first-order valence-electron chi connectivity index (χ1n) is 10.9. The molecule has 3 saturated heterocycles. The van der Waals surface area contributed by atoms with Crippen LogP contribution < -0.4 is 12.4 Å². The van der Waals surface area contributed by atoms with Gasteiger partial charge in [-0.1, -0.05) is 42.5 Å². The number of fused-ring (bicyclic) bond motifs is 4. The number of aliphatic hydroxyl groups excluding tert-OH is 1. The number of para-hydroxylation sites is 1. The zero-order valence-corrected chi connectivity index (χ0v) is 20.0. The molecule has 0 spiro atoms. The van der Waals surface area contributed by atoms with Gasteiger partial charge in [-0.2, -0.15) is 0 Å². The number of pyridine rings is 1. The molecular weight excluding hydrogens is 463 g/mol. The summed E-state index contributed by atoms with van der Waals surface area (Å²) in [6.07, 6.45) is 5.03. The van der Waals surface area contributed by atoms with Gasteiger partial charge in [-0.3, -0.25) is 9.47 Å². The normalized spacial score (nSPS) is 28.2. The van der Waals surface area contributed by atoms with E-state index in [1.165, 1.54) is 0 Å². The Balaban J connectivity index is 0.00000245. The van der Waals surface area contributed by atoms with Crippen molar-refractivity contribution in [3.05, 3.63) is 90.6 Å². The van der Waals surface area contributed by atoms with Gasteiger partial charge in [0.2, 0.25) is 0 Å². The Morgan fingerprint density at radius 3 is 2.56 bits per heavy atom. The summed E-state index contributed by atoms with van der Waals surface area (Å²) in [5.41, 5.74) is 2.66. The number of hydrogen-bond donors (Lipinski definition) is 1. The van der Waals surface area contributed by atoms with Crippen LogP contribution in [0.3, 0.4) is 0 Å². The average Bonchev–Trinajstić information content (AvgIpc) is 2.83. The number of aliphatic hydroxyl groups is 1. The van der Waals surface area contributed by atoms with Crippen LogP contribution in [0.25, 0.3) is 10.9 Å². The van der Waals surface area contributed by atoms with Crippen molar-refractivity contribution in [3.63, 3.8) is 0 Å². The lowest BCUT2D eigenvalue weighted by Gasteiger charge is -2.61. The fourth-order valence-electron chi connectivity index (χ4n) is 5.94. The number of nitrogens with zero attached hydrogens (tertiary/aromatic N) is 2. The largest absolute Gasteiger partial charge is 1.00 e. The van der Waals surface area contributed by atoms with Gasteiger partial charge in [-0.05, 0) is 58.9 Å². The molecule has 32 heavy (non-hydrogen) atoms. The van der Waals surface area contributed by atoms with Crippen molar-refractivity contribution in [1.29, 1.82) is 0 Å². The number of piperidine rings is 3. The number of hydrogen-bond acceptors (Lipinski definition) is 2. The standard InChI is InChI=1S/C26H27Cl2N2O.ClH/c1-2-18-17-30(26(27,28)20-8-4-3-5-9-20)15-13-19(18)16-24(30)25(31)22-12-14-29-23-11-7-6-10-21(22)23;/h2-12,14,18-19,24-25,31H,1,13,15-17H2;1H/q+1;/p-1/t18-,19-,24-,25+,30?;/m0./s1. The third-order valence-corrected chi connectivity index (χ3v) is 8.68. The van der Waals surface area contributed by atoms with Crippen molar-refractivity contribution in [2.75, 3.05) is 13.1 Å². The van der Waals surface area contributed by atoms with Crippen molar-refractivity contribution in [2.24, 2.45) is 11.8 Å². The maximum atomic E-state index is 11.8. The molecule has 5 atom stereocenters. The van der Waals surface area contributed by atoms with Crippen molar-refractivity contribution in [2.45, 2.75) is 29.4 Å². The van der Waals surface area contributed by atoms with E-state index in [1.54, 1.807) is 6.20 Å². The molecule has 3 aliphatic rings. The predicted octanol–water partition coefficient (Wildman–Crippen LogP) is 2.97. The van der Waals surface area contributed by atoms with Crippen LogP contribution in [0.1, 0.15) is 30.1 Å². The second kappa shape index (κ2) is 8.96. The van der Waals surface area contributed by atoms with E-state index in [9.17, 15) is 5.11 Å². The molecule has 3 nitrogen and oxygen atoms in total. The van der Waals surface area contributed by atoms with Gasteiger partial charge in [0.1, 0.15) is 12.1 Å². The lowest BCUT2D eigenvalue weighted by Crippen LogP contribution is -3.00. The second-order valence-electron chi connectivity index (χ2n) is 8.96. The van der Waals surface area contributed by atoms with Gasteiger partial charge in [0.25, 0.3) is 4.46 Å². The van der Waals surface area contributed by atoms with Crippen molar-refractivity contribution < 1.29 is 22.0 Å². The van der Waals surface area contributed by atoms with Gasteiger partial charge in [0.05, 0.1) is 18.6 Å². The highest BCUT2D eigenvalue weighted by molar-refractivity contribution is 6.46. The molecule has 3 aromatic rings. The maximum absolute atomic E-state index is 11.8. The van der Waals surface area contributed by atoms with Crippen LogP contribution in [0.4, 0.5) is 0 Å². The quantitative estimate of drug-likeness (QED) is 0.259. The van der Waals surface area contributed by atoms with E-state index in [4.69, 9.17) is 23.2 Å². The van der Waals surface area contributed by atoms with Gasteiger partial charge in [-0.25, -0.2) is 0 Å². The average molecular weight is 490 g/mol. The Morgan fingerprint density at radius 2 is 1.81 bits per heavy atom. The first-order chi connectivity index (χ1) is 15.0. The van der Waals surface area contributed by atoms with Gasteiger partial charge in [-0.15, -0.1) is 6.58 Å². The van der Waals surface area contributed by atoms with Crippen molar-refractivity contribution in [3.8, 4) is 0 Å². The summed E-state index contributed by atoms with van der Waals surface area (Å²) in [6, 6.07) is 19.7. The van der Waals surface area contributed by atoms with E-state index in [1.807, 2.05) is 60.7 Å². The number of aromatic nitrogens is 1. The smallest absolute Gasteiger partial charge is 0.277 e. The summed E-state index contributed by atoms with van der Waals surface area (Å²) in [6.45, 7) is 5.70. The molecule has 6 rings (SSSR count). The maximum Gasteiger partial charge on any atom is 0.277 e. The second-order valence-corrected chi connectivity index (χ2v) is 10.2. The highest BCUT2D eigenvalue weighted by Gasteiger charge is 2.63. The van der Waals surface area contributed by atoms with E-state index < -0.39 is 10.6 Å². The Labute approximate surface area is 205 Å². The first-order valence-corrected chi connectivity index (χ1v) is 11.7. The van der Waals surface area contributed by atoms with Gasteiger partial charge in [0.15, 0.2) is 0 Å². The number of halogens is 3. The van der Waals surface area contributed by atoms with Crippen LogP contribution in [0, 0.1) is 11.8 Å². The van der Waals surface area contributed by atoms with Crippen LogP contribution in [0.2, 0.25) is 0 Å². The third kappa shape index (κ3) is 3.55. The van der Waals surface area contributed by atoms with Crippen LogP contribution in [0.5, 0.6) is 0 Å². The lowest BCUT2D eigenvalue weighted by molar-refractivity contribution is -0.998. The van der Waals surface area contributed by atoms with Crippen molar-refractivity contribution in [1.82, 2.24) is 4.98 Å². The SMILES string of the molecule is C=C[C@H]1C[N+]2(C(Cl)(Cl)c3ccccc3)CC[C@H]1C[C@H]2[C@H](O)c1ccnc2ccccc12.[Cl-]. The highest BCUT2D eigenvalue weighted by Crippen LogP contribution is 2.57. The molecule has 0 saturated carbocycles. The molecule has 1 unspecified atom stereocenters. The summed E-state index contributed by atoms with van der Waals surface area (Å²) < 4.78 is -0.729. The Morgan fingerprint density at radius 1 is 1.09 bits per heavy atom. The molecule has 3 aliphatic heterocycles. The zero-order chi connectivity index (χ0) is 21.6. The summed E-state index contributed by atoms with van der Waals surface area (Å²) in [4.78, 5) is 4.47. The molecule has 4 heterocycles. The van der Waals surface area contributed by atoms with Gasteiger partial charge in [0, 0.05) is 35.9 Å². The fourth-order valence-corrected chi connectivity index (χ4v) is 6.75. The summed E-state index contributed by atoms with van der Waals surface area (Å²) in [7, 11) is 0. The minimum Gasteiger partial charge on any atom is -1.00 e. The molecule has 2 aromatic carbocycles. The number of alkyl halides is 2. The lowest BCUT2D eigenvalue weighted by atomic mass is 9.71. The minimum absolute atomic E-state index is 0. The topological polar surface area (TPSA) is 33.1 Å². The Bertz CT molecular complexity index is 1100. The Hall–Kier alpha value is -1.62. The molecule has 0 aliphatic carbocycles. The van der Waals surface area contributed by atoms with Gasteiger partial charge < -0.3 is 17.5 Å². The van der Waals surface area contributed by atoms with Gasteiger partial charge >= 0.3 is 0 Å². The fraction of sp³-hybridized carbons (Fsp3) is 0.346. The third-order valence-electron chi connectivity index (χ3n) is 7.57.